The third-order valence-electron chi connectivity index (χ3n) is 5.31. The molecule has 1 heterocycles. The monoisotopic (exact) mass is 466 g/mol. The number of benzene rings is 3. The Balaban J connectivity index is 1.55. The van der Waals surface area contributed by atoms with Gasteiger partial charge in [-0.25, -0.2) is 8.42 Å². The molecule has 170 valence electrons. The van der Waals surface area contributed by atoms with E-state index in [9.17, 15) is 18.0 Å². The lowest BCUT2D eigenvalue weighted by atomic mass is 10.1. The van der Waals surface area contributed by atoms with Gasteiger partial charge in [-0.05, 0) is 56.3 Å². The number of hydrogen-bond acceptors (Lipinski definition) is 6. The fourth-order valence-electron chi connectivity index (χ4n) is 3.36. The van der Waals surface area contributed by atoms with E-state index in [1.165, 1.54) is 32.2 Å². The van der Waals surface area contributed by atoms with Gasteiger partial charge in [0.15, 0.2) is 17.3 Å². The number of fused-ring (bicyclic) bond motifs is 1. The van der Waals surface area contributed by atoms with Crippen molar-refractivity contribution in [2.24, 2.45) is 0 Å². The van der Waals surface area contributed by atoms with E-state index in [1.54, 1.807) is 42.5 Å². The SMILES string of the molecule is CC(=O)c1cc2c(cc1NC(=O)c1ccc(N(C)S(=O)(=O)c3ccc(C)cc3)cc1)OCO2. The first-order valence-corrected chi connectivity index (χ1v) is 11.5. The van der Waals surface area contributed by atoms with Crippen LogP contribution in [0.25, 0.3) is 0 Å². The van der Waals surface area contributed by atoms with Crippen molar-refractivity contribution in [2.45, 2.75) is 18.7 Å². The van der Waals surface area contributed by atoms with Gasteiger partial charge in [-0.1, -0.05) is 17.7 Å². The normalized spacial score (nSPS) is 12.3. The first-order valence-electron chi connectivity index (χ1n) is 10.1. The minimum atomic E-state index is -3.74. The number of anilines is 2. The van der Waals surface area contributed by atoms with E-state index in [0.29, 0.717) is 34.0 Å². The highest BCUT2D eigenvalue weighted by Crippen LogP contribution is 2.37. The van der Waals surface area contributed by atoms with Gasteiger partial charge in [-0.15, -0.1) is 0 Å². The molecule has 3 aromatic rings. The van der Waals surface area contributed by atoms with E-state index in [-0.39, 0.29) is 17.5 Å². The summed E-state index contributed by atoms with van der Waals surface area (Å²) in [5.41, 5.74) is 2.27. The molecule has 0 bridgehead atoms. The average molecular weight is 467 g/mol. The second kappa shape index (κ2) is 8.59. The fourth-order valence-corrected chi connectivity index (χ4v) is 4.56. The Morgan fingerprint density at radius 1 is 0.939 bits per heavy atom. The summed E-state index contributed by atoms with van der Waals surface area (Å²) in [5.74, 6) is 0.197. The van der Waals surface area contributed by atoms with Gasteiger partial charge >= 0.3 is 0 Å². The van der Waals surface area contributed by atoms with Gasteiger partial charge < -0.3 is 14.8 Å². The van der Waals surface area contributed by atoms with Crippen LogP contribution >= 0.6 is 0 Å². The first kappa shape index (κ1) is 22.3. The molecule has 0 saturated heterocycles. The summed E-state index contributed by atoms with van der Waals surface area (Å²) in [4.78, 5) is 25.0. The fraction of sp³-hybridized carbons (Fsp3) is 0.167. The van der Waals surface area contributed by atoms with Crippen LogP contribution in [-0.4, -0.2) is 33.9 Å². The van der Waals surface area contributed by atoms with Gasteiger partial charge in [0.2, 0.25) is 6.79 Å². The molecule has 1 amide bonds. The summed E-state index contributed by atoms with van der Waals surface area (Å²) in [6, 6.07) is 15.8. The Kier molecular flexibility index (Phi) is 5.82. The molecule has 0 aromatic heterocycles. The number of aryl methyl sites for hydroxylation is 1. The third kappa shape index (κ3) is 4.40. The number of amides is 1. The Morgan fingerprint density at radius 2 is 1.55 bits per heavy atom. The number of nitrogens with one attached hydrogen (secondary N) is 1. The molecule has 9 heteroatoms. The lowest BCUT2D eigenvalue weighted by Crippen LogP contribution is -2.26. The van der Waals surface area contributed by atoms with Gasteiger partial charge in [0.25, 0.3) is 15.9 Å². The quantitative estimate of drug-likeness (QED) is 0.551. The van der Waals surface area contributed by atoms with Crippen LogP contribution in [-0.2, 0) is 10.0 Å². The van der Waals surface area contributed by atoms with E-state index < -0.39 is 15.9 Å². The predicted molar refractivity (Wildman–Crippen MR) is 124 cm³/mol. The van der Waals surface area contributed by atoms with Crippen molar-refractivity contribution in [1.82, 2.24) is 0 Å². The second-order valence-corrected chi connectivity index (χ2v) is 9.56. The number of ketones is 1. The molecule has 8 nitrogen and oxygen atoms in total. The maximum atomic E-state index is 12.9. The summed E-state index contributed by atoms with van der Waals surface area (Å²) >= 11 is 0. The average Bonchev–Trinajstić information content (AvgIpc) is 3.25. The van der Waals surface area contributed by atoms with Crippen LogP contribution < -0.4 is 19.1 Å². The summed E-state index contributed by atoms with van der Waals surface area (Å²) in [6.45, 7) is 3.32. The number of sulfonamides is 1. The van der Waals surface area contributed by atoms with Crippen molar-refractivity contribution >= 4 is 33.1 Å². The number of ether oxygens (including phenoxy) is 2. The second-order valence-electron chi connectivity index (χ2n) is 7.59. The number of carbonyl (C=O) groups is 2. The van der Waals surface area contributed by atoms with Crippen molar-refractivity contribution < 1.29 is 27.5 Å². The Hall–Kier alpha value is -3.85. The number of hydrogen-bond donors (Lipinski definition) is 1. The van der Waals surface area contributed by atoms with Crippen molar-refractivity contribution in [3.63, 3.8) is 0 Å². The van der Waals surface area contributed by atoms with Gasteiger partial charge in [0.05, 0.1) is 16.3 Å². The highest BCUT2D eigenvalue weighted by molar-refractivity contribution is 7.92. The number of rotatable bonds is 6. The predicted octanol–water partition coefficient (Wildman–Crippen LogP) is 4.00. The lowest BCUT2D eigenvalue weighted by molar-refractivity contribution is 0.101. The first-order chi connectivity index (χ1) is 15.7. The van der Waals surface area contributed by atoms with Crippen LogP contribution in [0.4, 0.5) is 11.4 Å². The summed E-state index contributed by atoms with van der Waals surface area (Å²) in [5, 5.41) is 2.72. The summed E-state index contributed by atoms with van der Waals surface area (Å²) in [7, 11) is -2.29. The van der Waals surface area contributed by atoms with Gasteiger partial charge in [-0.2, -0.15) is 0 Å². The van der Waals surface area contributed by atoms with E-state index in [4.69, 9.17) is 9.47 Å². The lowest BCUT2D eigenvalue weighted by Gasteiger charge is -2.20. The molecule has 3 aromatic carbocycles. The van der Waals surface area contributed by atoms with Gasteiger partial charge in [0, 0.05) is 24.2 Å². The van der Waals surface area contributed by atoms with E-state index in [2.05, 4.69) is 5.32 Å². The zero-order valence-electron chi connectivity index (χ0n) is 18.3. The van der Waals surface area contributed by atoms with Gasteiger partial charge in [0.1, 0.15) is 0 Å². The Morgan fingerprint density at radius 3 is 2.15 bits per heavy atom. The molecule has 0 radical (unpaired) electrons. The Bertz CT molecular complexity index is 1330. The van der Waals surface area contributed by atoms with Crippen molar-refractivity contribution in [1.29, 1.82) is 0 Å². The maximum Gasteiger partial charge on any atom is 0.264 e. The molecule has 0 aliphatic carbocycles. The number of carbonyl (C=O) groups excluding carboxylic acids is 2. The minimum absolute atomic E-state index is 0.0462. The smallest absolute Gasteiger partial charge is 0.264 e. The number of Topliss-reactive ketones (excluding diaryl/α,β-unsaturated/α-hetero) is 1. The largest absolute Gasteiger partial charge is 0.454 e. The topological polar surface area (TPSA) is 102 Å². The Labute approximate surface area is 191 Å². The van der Waals surface area contributed by atoms with Crippen LogP contribution in [0.15, 0.2) is 65.6 Å². The zero-order valence-corrected chi connectivity index (χ0v) is 19.1. The molecule has 33 heavy (non-hydrogen) atoms. The van der Waals surface area contributed by atoms with E-state index in [0.717, 1.165) is 9.87 Å². The highest BCUT2D eigenvalue weighted by Gasteiger charge is 2.23. The molecule has 0 saturated carbocycles. The summed E-state index contributed by atoms with van der Waals surface area (Å²) < 4.78 is 37.6. The third-order valence-corrected chi connectivity index (χ3v) is 7.11. The van der Waals surface area contributed by atoms with Crippen LogP contribution in [0, 0.1) is 6.92 Å². The van der Waals surface area contributed by atoms with Crippen LogP contribution in [0.2, 0.25) is 0 Å². The summed E-state index contributed by atoms with van der Waals surface area (Å²) in [6.07, 6.45) is 0. The molecule has 4 rings (SSSR count). The molecule has 1 N–H and O–H groups in total. The zero-order chi connectivity index (χ0) is 23.8. The van der Waals surface area contributed by atoms with E-state index in [1.807, 2.05) is 6.92 Å². The molecule has 0 atom stereocenters. The molecule has 1 aliphatic heterocycles. The van der Waals surface area contributed by atoms with E-state index >= 15 is 0 Å². The molecular weight excluding hydrogens is 444 g/mol. The molecule has 1 aliphatic rings. The van der Waals surface area contributed by atoms with Crippen molar-refractivity contribution in [2.75, 3.05) is 23.5 Å². The molecular formula is C24H22N2O6S. The standard InChI is InChI=1S/C24H22N2O6S/c1-15-4-10-19(11-5-15)33(29,30)26(3)18-8-6-17(7-9-18)24(28)25-21-13-23-22(31-14-32-23)12-20(21)16(2)27/h4-13H,14H2,1-3H3,(H,25,28). The minimum Gasteiger partial charge on any atom is -0.454 e. The van der Waals surface area contributed by atoms with Gasteiger partial charge in [-0.3, -0.25) is 13.9 Å². The highest BCUT2D eigenvalue weighted by atomic mass is 32.2. The van der Waals surface area contributed by atoms with Crippen molar-refractivity contribution in [3.8, 4) is 11.5 Å². The maximum absolute atomic E-state index is 12.9. The van der Waals surface area contributed by atoms with Crippen LogP contribution in [0.3, 0.4) is 0 Å². The number of nitrogens with zero attached hydrogens (tertiary/aromatic N) is 1. The van der Waals surface area contributed by atoms with Crippen molar-refractivity contribution in [3.05, 3.63) is 77.4 Å². The molecule has 0 unspecified atom stereocenters. The van der Waals surface area contributed by atoms with Crippen LogP contribution in [0.1, 0.15) is 33.2 Å². The molecule has 0 spiro atoms. The molecule has 0 fully saturated rings. The van der Waals surface area contributed by atoms with Crippen LogP contribution in [0.5, 0.6) is 11.5 Å².